The van der Waals surface area contributed by atoms with Gasteiger partial charge < -0.3 is 15.2 Å². The van der Waals surface area contributed by atoms with E-state index in [1.165, 1.54) is 13.0 Å². The molecule has 5 heteroatoms. The van der Waals surface area contributed by atoms with Gasteiger partial charge in [-0.15, -0.1) is 0 Å². The van der Waals surface area contributed by atoms with Crippen molar-refractivity contribution < 1.29 is 0 Å². The Morgan fingerprint density at radius 2 is 2.26 bits per heavy atom. The van der Waals surface area contributed by atoms with Crippen molar-refractivity contribution in [2.24, 2.45) is 5.92 Å². The Morgan fingerprint density at radius 3 is 3.00 bits per heavy atom. The number of anilines is 1. The number of nitrogen functional groups attached to an aromatic ring is 1. The van der Waals surface area contributed by atoms with E-state index >= 15 is 0 Å². The van der Waals surface area contributed by atoms with Gasteiger partial charge in [0, 0.05) is 36.7 Å². The molecule has 100 valence electrons. The van der Waals surface area contributed by atoms with Gasteiger partial charge in [0.05, 0.1) is 18.2 Å². The SMILES string of the molecule is CN1CCC(Cn2cncc2-c2cnccc2N)C1. The van der Waals surface area contributed by atoms with Gasteiger partial charge in [-0.25, -0.2) is 4.98 Å². The number of aromatic nitrogens is 3. The fraction of sp³-hybridized carbons (Fsp3) is 0.429. The molecular weight excluding hydrogens is 238 g/mol. The summed E-state index contributed by atoms with van der Waals surface area (Å²) in [5, 5.41) is 0. The molecule has 2 N–H and O–H groups in total. The summed E-state index contributed by atoms with van der Waals surface area (Å²) in [4.78, 5) is 10.8. The third kappa shape index (κ3) is 2.46. The van der Waals surface area contributed by atoms with Gasteiger partial charge in [-0.3, -0.25) is 4.98 Å². The van der Waals surface area contributed by atoms with Gasteiger partial charge in [-0.05, 0) is 32.0 Å². The molecule has 1 fully saturated rings. The Hall–Kier alpha value is -1.88. The fourth-order valence-corrected chi connectivity index (χ4v) is 2.76. The van der Waals surface area contributed by atoms with Crippen molar-refractivity contribution in [2.45, 2.75) is 13.0 Å². The van der Waals surface area contributed by atoms with Crippen LogP contribution in [0, 0.1) is 5.92 Å². The van der Waals surface area contributed by atoms with Crippen LogP contribution in [0.5, 0.6) is 0 Å². The Kier molecular flexibility index (Phi) is 3.21. The highest BCUT2D eigenvalue weighted by Gasteiger charge is 2.21. The van der Waals surface area contributed by atoms with Crippen molar-refractivity contribution in [3.8, 4) is 11.3 Å². The van der Waals surface area contributed by atoms with Crippen LogP contribution >= 0.6 is 0 Å². The predicted molar refractivity (Wildman–Crippen MR) is 75.5 cm³/mol. The normalized spacial score (nSPS) is 19.9. The Bertz CT molecular complexity index is 562. The van der Waals surface area contributed by atoms with Gasteiger partial charge in [-0.2, -0.15) is 0 Å². The van der Waals surface area contributed by atoms with Crippen LogP contribution < -0.4 is 5.73 Å². The second-order valence-electron chi connectivity index (χ2n) is 5.31. The van der Waals surface area contributed by atoms with E-state index in [4.69, 9.17) is 5.73 Å². The van der Waals surface area contributed by atoms with Gasteiger partial charge in [0.1, 0.15) is 0 Å². The molecule has 0 saturated carbocycles. The summed E-state index contributed by atoms with van der Waals surface area (Å²) in [5.41, 5.74) is 8.79. The maximum absolute atomic E-state index is 6.02. The summed E-state index contributed by atoms with van der Waals surface area (Å²) >= 11 is 0. The first kappa shape index (κ1) is 12.2. The van der Waals surface area contributed by atoms with E-state index in [0.717, 1.165) is 30.0 Å². The topological polar surface area (TPSA) is 60.0 Å². The van der Waals surface area contributed by atoms with Crippen LogP contribution in [0.2, 0.25) is 0 Å². The molecule has 0 aliphatic carbocycles. The molecule has 0 radical (unpaired) electrons. The van der Waals surface area contributed by atoms with Crippen LogP contribution in [0.25, 0.3) is 11.3 Å². The van der Waals surface area contributed by atoms with E-state index in [-0.39, 0.29) is 0 Å². The van der Waals surface area contributed by atoms with E-state index in [9.17, 15) is 0 Å². The summed E-state index contributed by atoms with van der Waals surface area (Å²) in [6, 6.07) is 1.83. The number of nitrogens with two attached hydrogens (primary N) is 1. The first-order valence-electron chi connectivity index (χ1n) is 6.62. The maximum Gasteiger partial charge on any atom is 0.0951 e. The lowest BCUT2D eigenvalue weighted by atomic mass is 10.1. The molecule has 1 aliphatic rings. The summed E-state index contributed by atoms with van der Waals surface area (Å²) in [6.45, 7) is 3.33. The molecule has 1 aliphatic heterocycles. The lowest BCUT2D eigenvalue weighted by Gasteiger charge is -2.14. The van der Waals surface area contributed by atoms with E-state index in [1.54, 1.807) is 6.20 Å². The summed E-state index contributed by atoms with van der Waals surface area (Å²) in [6.07, 6.45) is 8.53. The standard InChI is InChI=1S/C14H19N5/c1-18-5-3-11(8-18)9-19-10-17-7-14(19)12-6-16-4-2-13(12)15/h2,4,6-7,10-11H,3,5,8-9H2,1H3,(H2,15,16). The molecule has 0 aromatic carbocycles. The number of pyridine rings is 1. The Labute approximate surface area is 113 Å². The van der Waals surface area contributed by atoms with Crippen molar-refractivity contribution >= 4 is 5.69 Å². The monoisotopic (exact) mass is 257 g/mol. The van der Waals surface area contributed by atoms with Crippen molar-refractivity contribution in [3.05, 3.63) is 31.0 Å². The second kappa shape index (κ2) is 5.01. The summed E-state index contributed by atoms with van der Waals surface area (Å²) in [7, 11) is 2.17. The van der Waals surface area contributed by atoms with Crippen LogP contribution in [0.15, 0.2) is 31.0 Å². The van der Waals surface area contributed by atoms with Crippen molar-refractivity contribution in [2.75, 3.05) is 25.9 Å². The second-order valence-corrected chi connectivity index (χ2v) is 5.31. The molecule has 1 saturated heterocycles. The van der Waals surface area contributed by atoms with E-state index < -0.39 is 0 Å². The average Bonchev–Trinajstić information content (AvgIpc) is 3.00. The van der Waals surface area contributed by atoms with Gasteiger partial charge in [0.25, 0.3) is 0 Å². The lowest BCUT2D eigenvalue weighted by molar-refractivity contribution is 0.378. The van der Waals surface area contributed by atoms with E-state index in [0.29, 0.717) is 5.92 Å². The zero-order valence-electron chi connectivity index (χ0n) is 11.2. The Morgan fingerprint density at radius 1 is 1.37 bits per heavy atom. The minimum Gasteiger partial charge on any atom is -0.398 e. The molecule has 2 aromatic rings. The third-order valence-corrected chi connectivity index (χ3v) is 3.79. The van der Waals surface area contributed by atoms with Crippen LogP contribution in [-0.2, 0) is 6.54 Å². The smallest absolute Gasteiger partial charge is 0.0951 e. The fourth-order valence-electron chi connectivity index (χ4n) is 2.76. The first-order valence-corrected chi connectivity index (χ1v) is 6.62. The third-order valence-electron chi connectivity index (χ3n) is 3.79. The van der Waals surface area contributed by atoms with E-state index in [2.05, 4.69) is 26.5 Å². The minimum atomic E-state index is 0.691. The Balaban J connectivity index is 1.85. The highest BCUT2D eigenvalue weighted by atomic mass is 15.1. The van der Waals surface area contributed by atoms with Gasteiger partial charge in [-0.1, -0.05) is 0 Å². The van der Waals surface area contributed by atoms with Crippen LogP contribution in [0.4, 0.5) is 5.69 Å². The average molecular weight is 257 g/mol. The van der Waals surface area contributed by atoms with Crippen LogP contribution in [0.3, 0.4) is 0 Å². The molecule has 0 spiro atoms. The summed E-state index contributed by atoms with van der Waals surface area (Å²) < 4.78 is 2.19. The van der Waals surface area contributed by atoms with Crippen LogP contribution in [-0.4, -0.2) is 39.6 Å². The molecule has 0 bridgehead atoms. The van der Waals surface area contributed by atoms with Gasteiger partial charge in [0.15, 0.2) is 0 Å². The number of hydrogen-bond donors (Lipinski definition) is 1. The van der Waals surface area contributed by atoms with Crippen molar-refractivity contribution in [3.63, 3.8) is 0 Å². The molecular formula is C14H19N5. The highest BCUT2D eigenvalue weighted by molar-refractivity contribution is 5.72. The molecule has 3 rings (SSSR count). The molecule has 19 heavy (non-hydrogen) atoms. The number of likely N-dealkylation sites (tertiary alicyclic amines) is 1. The molecule has 1 atom stereocenters. The molecule has 3 heterocycles. The minimum absolute atomic E-state index is 0.691. The lowest BCUT2D eigenvalue weighted by Crippen LogP contribution is -2.17. The zero-order chi connectivity index (χ0) is 13.2. The van der Waals surface area contributed by atoms with E-state index in [1.807, 2.05) is 24.8 Å². The molecule has 0 amide bonds. The van der Waals surface area contributed by atoms with Crippen molar-refractivity contribution in [1.29, 1.82) is 0 Å². The predicted octanol–water partition coefficient (Wildman–Crippen LogP) is 1.48. The first-order chi connectivity index (χ1) is 9.24. The number of rotatable bonds is 3. The quantitative estimate of drug-likeness (QED) is 0.904. The number of nitrogens with zero attached hydrogens (tertiary/aromatic N) is 4. The van der Waals surface area contributed by atoms with Gasteiger partial charge >= 0.3 is 0 Å². The highest BCUT2D eigenvalue weighted by Crippen LogP contribution is 2.26. The molecule has 5 nitrogen and oxygen atoms in total. The summed E-state index contributed by atoms with van der Waals surface area (Å²) in [5.74, 6) is 0.691. The largest absolute Gasteiger partial charge is 0.398 e. The number of imidazole rings is 1. The maximum atomic E-state index is 6.02. The van der Waals surface area contributed by atoms with Crippen LogP contribution in [0.1, 0.15) is 6.42 Å². The molecule has 1 unspecified atom stereocenters. The zero-order valence-corrected chi connectivity index (χ0v) is 11.2. The van der Waals surface area contributed by atoms with Gasteiger partial charge in [0.2, 0.25) is 0 Å². The number of hydrogen-bond acceptors (Lipinski definition) is 4. The van der Waals surface area contributed by atoms with Crippen molar-refractivity contribution in [1.82, 2.24) is 19.4 Å². The molecule has 2 aromatic heterocycles.